The Bertz CT molecular complexity index is 418. The van der Waals surface area contributed by atoms with Crippen molar-refractivity contribution in [1.82, 2.24) is 14.7 Å². The number of aliphatic hydroxyl groups excluding tert-OH is 2. The number of hydrogen-bond acceptors (Lipinski definition) is 5. The highest BCUT2D eigenvalue weighted by Gasteiger charge is 2.21. The zero-order chi connectivity index (χ0) is 12.4. The van der Waals surface area contributed by atoms with Crippen molar-refractivity contribution >= 4 is 5.97 Å². The summed E-state index contributed by atoms with van der Waals surface area (Å²) in [5.74, 6) is -0.853. The van der Waals surface area contributed by atoms with Gasteiger partial charge in [0.05, 0.1) is 31.1 Å². The molecule has 0 aromatic carbocycles. The fourth-order valence-corrected chi connectivity index (χ4v) is 1.93. The van der Waals surface area contributed by atoms with Gasteiger partial charge in [0.2, 0.25) is 0 Å². The predicted octanol–water partition coefficient (Wildman–Crippen LogP) is -1.19. The highest BCUT2D eigenvalue weighted by atomic mass is 16.4. The molecule has 0 saturated heterocycles. The van der Waals surface area contributed by atoms with Gasteiger partial charge < -0.3 is 15.3 Å². The van der Waals surface area contributed by atoms with Gasteiger partial charge in [0.1, 0.15) is 6.10 Å². The summed E-state index contributed by atoms with van der Waals surface area (Å²) in [6, 6.07) is 1.70. The smallest absolute Gasteiger partial charge is 0.317 e. The third kappa shape index (κ3) is 2.63. The van der Waals surface area contributed by atoms with Crippen molar-refractivity contribution in [3.8, 4) is 0 Å². The minimum absolute atomic E-state index is 0.00304. The summed E-state index contributed by atoms with van der Waals surface area (Å²) in [5, 5.41) is 31.2. The van der Waals surface area contributed by atoms with E-state index in [0.29, 0.717) is 25.3 Å². The molecule has 17 heavy (non-hydrogen) atoms. The number of aromatic nitrogens is 2. The number of fused-ring (bicyclic) bond motifs is 1. The van der Waals surface area contributed by atoms with E-state index in [-0.39, 0.29) is 13.2 Å². The van der Waals surface area contributed by atoms with E-state index >= 15 is 0 Å². The molecule has 7 nitrogen and oxygen atoms in total. The first-order chi connectivity index (χ1) is 8.10. The minimum Gasteiger partial charge on any atom is -0.480 e. The highest BCUT2D eigenvalue weighted by molar-refractivity contribution is 5.69. The van der Waals surface area contributed by atoms with E-state index in [1.807, 2.05) is 0 Å². The fraction of sp³-hybridized carbons (Fsp3) is 0.600. The lowest BCUT2D eigenvalue weighted by molar-refractivity contribution is -0.138. The zero-order valence-electron chi connectivity index (χ0n) is 9.28. The Balaban J connectivity index is 2.10. The number of carbonyl (C=O) groups is 1. The van der Waals surface area contributed by atoms with Crippen LogP contribution in [0.5, 0.6) is 0 Å². The van der Waals surface area contributed by atoms with Gasteiger partial charge in [-0.2, -0.15) is 5.10 Å². The van der Waals surface area contributed by atoms with Crippen molar-refractivity contribution in [2.24, 2.45) is 0 Å². The van der Waals surface area contributed by atoms with Gasteiger partial charge in [-0.25, -0.2) is 0 Å². The Morgan fingerprint density at radius 2 is 2.29 bits per heavy atom. The summed E-state index contributed by atoms with van der Waals surface area (Å²) < 4.78 is 1.74. The van der Waals surface area contributed by atoms with Crippen LogP contribution in [0.3, 0.4) is 0 Å². The van der Waals surface area contributed by atoms with Gasteiger partial charge in [-0.3, -0.25) is 14.4 Å². The van der Waals surface area contributed by atoms with Gasteiger partial charge in [0.25, 0.3) is 0 Å². The van der Waals surface area contributed by atoms with Crippen LogP contribution in [0.15, 0.2) is 6.07 Å². The molecule has 94 valence electrons. The maximum Gasteiger partial charge on any atom is 0.317 e. The van der Waals surface area contributed by atoms with Gasteiger partial charge in [0.15, 0.2) is 0 Å². The second kappa shape index (κ2) is 4.82. The fourth-order valence-electron chi connectivity index (χ4n) is 1.93. The van der Waals surface area contributed by atoms with Crippen molar-refractivity contribution in [3.05, 3.63) is 17.5 Å². The first-order valence-corrected chi connectivity index (χ1v) is 5.40. The summed E-state index contributed by atoms with van der Waals surface area (Å²) in [6.45, 7) is 1.35. The largest absolute Gasteiger partial charge is 0.480 e. The average molecular weight is 241 g/mol. The van der Waals surface area contributed by atoms with Crippen molar-refractivity contribution < 1.29 is 20.1 Å². The van der Waals surface area contributed by atoms with Crippen LogP contribution in [0, 0.1) is 0 Å². The number of hydrogen-bond donors (Lipinski definition) is 3. The van der Waals surface area contributed by atoms with E-state index in [2.05, 4.69) is 5.10 Å². The van der Waals surface area contributed by atoms with Crippen LogP contribution in [-0.4, -0.2) is 55.7 Å². The summed E-state index contributed by atoms with van der Waals surface area (Å²) >= 11 is 0. The molecule has 2 rings (SSSR count). The van der Waals surface area contributed by atoms with Crippen molar-refractivity contribution in [1.29, 1.82) is 0 Å². The molecule has 3 N–H and O–H groups in total. The molecule has 7 heteroatoms. The third-order valence-corrected chi connectivity index (χ3v) is 2.77. The van der Waals surface area contributed by atoms with Gasteiger partial charge in [0, 0.05) is 13.1 Å². The molecule has 0 saturated carbocycles. The predicted molar refractivity (Wildman–Crippen MR) is 57.2 cm³/mol. The molecule has 0 fully saturated rings. The van der Waals surface area contributed by atoms with Crippen molar-refractivity contribution in [2.75, 3.05) is 19.7 Å². The van der Waals surface area contributed by atoms with Crippen LogP contribution in [-0.2, 0) is 17.9 Å². The maximum absolute atomic E-state index is 10.6. The molecule has 1 aliphatic rings. The summed E-state index contributed by atoms with van der Waals surface area (Å²) in [7, 11) is 0. The molecule has 0 bridgehead atoms. The van der Waals surface area contributed by atoms with Crippen LogP contribution in [0.2, 0.25) is 0 Å². The zero-order valence-corrected chi connectivity index (χ0v) is 9.28. The number of rotatable bonds is 4. The van der Waals surface area contributed by atoms with Gasteiger partial charge in [-0.05, 0) is 6.07 Å². The van der Waals surface area contributed by atoms with Crippen molar-refractivity contribution in [3.63, 3.8) is 0 Å². The third-order valence-electron chi connectivity index (χ3n) is 2.77. The maximum atomic E-state index is 10.6. The molecular formula is C10H15N3O4. The normalized spacial score (nSPS) is 17.8. The lowest BCUT2D eigenvalue weighted by Gasteiger charge is -2.25. The second-order valence-electron chi connectivity index (χ2n) is 4.09. The van der Waals surface area contributed by atoms with Crippen molar-refractivity contribution in [2.45, 2.75) is 19.2 Å². The van der Waals surface area contributed by atoms with Gasteiger partial charge in [-0.1, -0.05) is 0 Å². The van der Waals surface area contributed by atoms with E-state index in [9.17, 15) is 9.90 Å². The minimum atomic E-state index is -0.971. The molecule has 1 aromatic rings. The van der Waals surface area contributed by atoms with Crippen LogP contribution in [0.4, 0.5) is 0 Å². The van der Waals surface area contributed by atoms with Crippen LogP contribution in [0.25, 0.3) is 0 Å². The van der Waals surface area contributed by atoms with E-state index in [4.69, 9.17) is 10.2 Å². The summed E-state index contributed by atoms with van der Waals surface area (Å²) in [5.41, 5.74) is 1.29. The summed E-state index contributed by atoms with van der Waals surface area (Å²) in [6.07, 6.45) is -0.971. The highest BCUT2D eigenvalue weighted by Crippen LogP contribution is 2.17. The molecule has 0 spiro atoms. The molecule has 1 aliphatic heterocycles. The van der Waals surface area contributed by atoms with Crippen LogP contribution in [0.1, 0.15) is 17.5 Å². The topological polar surface area (TPSA) is 98.8 Å². The average Bonchev–Trinajstić information content (AvgIpc) is 2.70. The first kappa shape index (κ1) is 12.0. The number of aliphatic hydroxyl groups is 2. The van der Waals surface area contributed by atoms with E-state index < -0.39 is 12.1 Å². The molecule has 0 aliphatic carbocycles. The summed E-state index contributed by atoms with van der Waals surface area (Å²) in [4.78, 5) is 12.4. The first-order valence-electron chi connectivity index (χ1n) is 5.40. The molecular weight excluding hydrogens is 226 g/mol. The van der Waals surface area contributed by atoms with E-state index in [1.165, 1.54) is 0 Å². The molecule has 1 unspecified atom stereocenters. The molecule has 2 heterocycles. The molecule has 0 amide bonds. The standard InChI is InChI=1S/C10H15N3O4/c14-6-9(15)8-3-7-4-12(5-10(16)17)1-2-13(7)11-8/h3,9,14-15H,1-2,4-6H2,(H,16,17). The van der Waals surface area contributed by atoms with Gasteiger partial charge in [-0.15, -0.1) is 0 Å². The lowest BCUT2D eigenvalue weighted by Crippen LogP contribution is -2.37. The number of nitrogens with zero attached hydrogens (tertiary/aromatic N) is 3. The monoisotopic (exact) mass is 241 g/mol. The SMILES string of the molecule is O=C(O)CN1CCn2nc(C(O)CO)cc2C1. The van der Waals surface area contributed by atoms with E-state index in [1.54, 1.807) is 15.6 Å². The molecule has 1 atom stereocenters. The Morgan fingerprint density at radius 3 is 2.94 bits per heavy atom. The van der Waals surface area contributed by atoms with Gasteiger partial charge >= 0.3 is 5.97 Å². The lowest BCUT2D eigenvalue weighted by atomic mass is 10.2. The number of carboxylic acids is 1. The Hall–Kier alpha value is -1.44. The van der Waals surface area contributed by atoms with E-state index in [0.717, 1.165) is 5.69 Å². The molecule has 0 radical (unpaired) electrons. The Morgan fingerprint density at radius 1 is 1.53 bits per heavy atom. The number of aliphatic carboxylic acids is 1. The quantitative estimate of drug-likeness (QED) is 0.613. The van der Waals surface area contributed by atoms with Crippen LogP contribution >= 0.6 is 0 Å². The van der Waals surface area contributed by atoms with Crippen LogP contribution < -0.4 is 0 Å². The Kier molecular flexibility index (Phi) is 3.41. The second-order valence-corrected chi connectivity index (χ2v) is 4.09. The molecule has 1 aromatic heterocycles. The Labute approximate surface area is 97.9 Å². The number of carboxylic acid groups (broad SMARTS) is 1.